The Labute approximate surface area is 158 Å². The summed E-state index contributed by atoms with van der Waals surface area (Å²) < 4.78 is 12.0. The molecule has 0 saturated heterocycles. The lowest BCUT2D eigenvalue weighted by Gasteiger charge is -2.31. The van der Waals surface area contributed by atoms with Crippen molar-refractivity contribution in [2.24, 2.45) is 0 Å². The van der Waals surface area contributed by atoms with Crippen molar-refractivity contribution < 1.29 is 14.3 Å². The van der Waals surface area contributed by atoms with Crippen LogP contribution in [0.5, 0.6) is 5.75 Å². The zero-order chi connectivity index (χ0) is 19.0. The van der Waals surface area contributed by atoms with Gasteiger partial charge in [-0.3, -0.25) is 4.79 Å². The van der Waals surface area contributed by atoms with Crippen LogP contribution in [0.4, 0.5) is 5.69 Å². The van der Waals surface area contributed by atoms with Crippen LogP contribution in [0.2, 0.25) is 0 Å². The predicted octanol–water partition coefficient (Wildman–Crippen LogP) is 5.63. The first-order valence-corrected chi connectivity index (χ1v) is 10.2. The minimum Gasteiger partial charge on any atom is -0.490 e. The van der Waals surface area contributed by atoms with Gasteiger partial charge in [0.15, 0.2) is 0 Å². The van der Waals surface area contributed by atoms with Gasteiger partial charge in [-0.2, -0.15) is 0 Å². The number of carbonyl (C=O) groups excluding carboxylic acids is 1. The molecule has 1 amide bonds. The van der Waals surface area contributed by atoms with Crippen LogP contribution in [0.25, 0.3) is 0 Å². The Morgan fingerprint density at radius 2 is 1.88 bits per heavy atom. The Morgan fingerprint density at radius 3 is 2.46 bits per heavy atom. The second kappa shape index (κ2) is 9.96. The molecule has 0 spiro atoms. The van der Waals surface area contributed by atoms with Gasteiger partial charge in [-0.25, -0.2) is 0 Å². The second-order valence-corrected chi connectivity index (χ2v) is 7.53. The molecule has 1 aromatic rings. The summed E-state index contributed by atoms with van der Waals surface area (Å²) in [5, 5.41) is 3.11. The molecule has 0 aliphatic heterocycles. The standard InChI is InChI=1S/C22H35NO3/c1-5-15-25-22(13-9-7-8-10-14-22)21(24)23-19-11-12-20(17(3)16-19)26-18(4)6-2/h11-12,16,18H,5-10,13-15H2,1-4H3,(H,23,24). The number of hydrogen-bond acceptors (Lipinski definition) is 3. The molecule has 1 fully saturated rings. The summed E-state index contributed by atoms with van der Waals surface area (Å²) in [6.45, 7) is 8.91. The minimum atomic E-state index is -0.674. The van der Waals surface area contributed by atoms with Gasteiger partial charge in [0.25, 0.3) is 5.91 Å². The maximum Gasteiger partial charge on any atom is 0.256 e. The van der Waals surface area contributed by atoms with Crippen LogP contribution >= 0.6 is 0 Å². The van der Waals surface area contributed by atoms with Gasteiger partial charge in [0.1, 0.15) is 11.4 Å². The summed E-state index contributed by atoms with van der Waals surface area (Å²) in [6.07, 6.45) is 8.18. The fourth-order valence-corrected chi connectivity index (χ4v) is 3.44. The lowest BCUT2D eigenvalue weighted by molar-refractivity contribution is -0.143. The number of hydrogen-bond donors (Lipinski definition) is 1. The first-order chi connectivity index (χ1) is 12.5. The summed E-state index contributed by atoms with van der Waals surface area (Å²) in [7, 11) is 0. The highest BCUT2D eigenvalue weighted by molar-refractivity contribution is 5.97. The summed E-state index contributed by atoms with van der Waals surface area (Å²) in [5.74, 6) is 0.881. The van der Waals surface area contributed by atoms with E-state index in [0.717, 1.165) is 55.5 Å². The molecule has 1 aliphatic rings. The van der Waals surface area contributed by atoms with Crippen LogP contribution < -0.4 is 10.1 Å². The molecule has 146 valence electrons. The average Bonchev–Trinajstić information content (AvgIpc) is 2.88. The van der Waals surface area contributed by atoms with E-state index in [0.29, 0.717) is 6.61 Å². The molecule has 1 saturated carbocycles. The van der Waals surface area contributed by atoms with E-state index in [4.69, 9.17) is 9.47 Å². The number of carbonyl (C=O) groups is 1. The Bertz CT molecular complexity index is 577. The van der Waals surface area contributed by atoms with Crippen LogP contribution in [0.3, 0.4) is 0 Å². The number of rotatable bonds is 8. The van der Waals surface area contributed by atoms with Crippen molar-refractivity contribution in [3.8, 4) is 5.75 Å². The molecule has 0 radical (unpaired) electrons. The lowest BCUT2D eigenvalue weighted by atomic mass is 9.92. The highest BCUT2D eigenvalue weighted by Crippen LogP contribution is 2.33. The zero-order valence-corrected chi connectivity index (χ0v) is 16.9. The third-order valence-corrected chi connectivity index (χ3v) is 5.24. The van der Waals surface area contributed by atoms with Crippen LogP contribution in [0, 0.1) is 6.92 Å². The monoisotopic (exact) mass is 361 g/mol. The molecular formula is C22H35NO3. The van der Waals surface area contributed by atoms with Gasteiger partial charge in [-0.15, -0.1) is 0 Å². The number of nitrogens with one attached hydrogen (secondary N) is 1. The molecule has 0 bridgehead atoms. The van der Waals surface area contributed by atoms with E-state index >= 15 is 0 Å². The number of aryl methyl sites for hydroxylation is 1. The number of ether oxygens (including phenoxy) is 2. The van der Waals surface area contributed by atoms with Gasteiger partial charge in [0, 0.05) is 12.3 Å². The van der Waals surface area contributed by atoms with Crippen molar-refractivity contribution in [1.29, 1.82) is 0 Å². The van der Waals surface area contributed by atoms with Crippen molar-refractivity contribution in [2.75, 3.05) is 11.9 Å². The number of anilines is 1. The van der Waals surface area contributed by atoms with Crippen molar-refractivity contribution in [3.05, 3.63) is 23.8 Å². The molecule has 0 heterocycles. The van der Waals surface area contributed by atoms with E-state index in [9.17, 15) is 4.79 Å². The van der Waals surface area contributed by atoms with Crippen molar-refractivity contribution in [3.63, 3.8) is 0 Å². The fraction of sp³-hybridized carbons (Fsp3) is 0.682. The van der Waals surface area contributed by atoms with Crippen molar-refractivity contribution >= 4 is 11.6 Å². The van der Waals surface area contributed by atoms with Crippen LogP contribution in [-0.4, -0.2) is 24.2 Å². The van der Waals surface area contributed by atoms with E-state index in [1.54, 1.807) is 0 Å². The average molecular weight is 362 g/mol. The SMILES string of the molecule is CCCOC1(C(=O)Nc2ccc(OC(C)CC)c(C)c2)CCCCCC1. The molecule has 1 aromatic carbocycles. The molecule has 2 rings (SSSR count). The molecule has 1 atom stereocenters. The fourth-order valence-electron chi connectivity index (χ4n) is 3.44. The van der Waals surface area contributed by atoms with Gasteiger partial charge >= 0.3 is 0 Å². The van der Waals surface area contributed by atoms with Crippen LogP contribution in [0.1, 0.15) is 77.7 Å². The molecule has 26 heavy (non-hydrogen) atoms. The van der Waals surface area contributed by atoms with Gasteiger partial charge < -0.3 is 14.8 Å². The first kappa shape index (κ1) is 20.8. The Kier molecular flexibility index (Phi) is 7.95. The third kappa shape index (κ3) is 5.47. The van der Waals surface area contributed by atoms with E-state index in [2.05, 4.69) is 26.1 Å². The lowest BCUT2D eigenvalue weighted by Crippen LogP contribution is -2.45. The third-order valence-electron chi connectivity index (χ3n) is 5.24. The van der Waals surface area contributed by atoms with Gasteiger partial charge in [-0.1, -0.05) is 39.5 Å². The maximum atomic E-state index is 13.1. The highest BCUT2D eigenvalue weighted by Gasteiger charge is 2.39. The van der Waals surface area contributed by atoms with E-state index in [-0.39, 0.29) is 12.0 Å². The van der Waals surface area contributed by atoms with Gasteiger partial charge in [0.2, 0.25) is 0 Å². The van der Waals surface area contributed by atoms with Crippen molar-refractivity contribution in [2.45, 2.75) is 90.8 Å². The topological polar surface area (TPSA) is 47.6 Å². The summed E-state index contributed by atoms with van der Waals surface area (Å²) in [4.78, 5) is 13.1. The first-order valence-electron chi connectivity index (χ1n) is 10.2. The number of benzene rings is 1. The van der Waals surface area contributed by atoms with E-state index < -0.39 is 5.60 Å². The highest BCUT2D eigenvalue weighted by atomic mass is 16.5. The smallest absolute Gasteiger partial charge is 0.256 e. The minimum absolute atomic E-state index is 0.00263. The Hall–Kier alpha value is -1.55. The predicted molar refractivity (Wildman–Crippen MR) is 107 cm³/mol. The van der Waals surface area contributed by atoms with Crippen molar-refractivity contribution in [1.82, 2.24) is 0 Å². The zero-order valence-electron chi connectivity index (χ0n) is 16.9. The summed E-state index contributed by atoms with van der Waals surface area (Å²) in [6, 6.07) is 5.86. The molecule has 0 aromatic heterocycles. The second-order valence-electron chi connectivity index (χ2n) is 7.53. The molecule has 4 nitrogen and oxygen atoms in total. The van der Waals surface area contributed by atoms with Gasteiger partial charge in [0.05, 0.1) is 6.10 Å². The van der Waals surface area contributed by atoms with E-state index in [1.165, 1.54) is 12.8 Å². The maximum absolute atomic E-state index is 13.1. The molecule has 1 aliphatic carbocycles. The molecule has 4 heteroatoms. The summed E-state index contributed by atoms with van der Waals surface area (Å²) >= 11 is 0. The molecule has 1 N–H and O–H groups in total. The van der Waals surface area contributed by atoms with Crippen LogP contribution in [-0.2, 0) is 9.53 Å². The Morgan fingerprint density at radius 1 is 1.19 bits per heavy atom. The number of amides is 1. The van der Waals surface area contributed by atoms with Crippen LogP contribution in [0.15, 0.2) is 18.2 Å². The van der Waals surface area contributed by atoms with Gasteiger partial charge in [-0.05, 0) is 63.3 Å². The molecular weight excluding hydrogens is 326 g/mol. The quantitative estimate of drug-likeness (QED) is 0.610. The Balaban J connectivity index is 2.11. The largest absolute Gasteiger partial charge is 0.490 e. The normalized spacial score (nSPS) is 18.0. The van der Waals surface area contributed by atoms with E-state index in [1.807, 2.05) is 25.1 Å². The molecule has 1 unspecified atom stereocenters. The summed E-state index contributed by atoms with van der Waals surface area (Å²) in [5.41, 5.74) is 1.17.